The largest absolute Gasteiger partial charge is 0.488 e. The van der Waals surface area contributed by atoms with E-state index in [0.29, 0.717) is 29.3 Å². The third-order valence-electron chi connectivity index (χ3n) is 6.25. The van der Waals surface area contributed by atoms with E-state index < -0.39 is 5.97 Å². The molecule has 178 valence electrons. The normalized spacial score (nSPS) is 14.6. The molecule has 0 bridgehead atoms. The number of ether oxygens (including phenoxy) is 2. The van der Waals surface area contributed by atoms with Crippen LogP contribution in [0.5, 0.6) is 5.75 Å². The number of benzene rings is 4. The Morgan fingerprint density at radius 3 is 2.36 bits per heavy atom. The van der Waals surface area contributed by atoms with Crippen LogP contribution in [0.15, 0.2) is 114 Å². The summed E-state index contributed by atoms with van der Waals surface area (Å²) in [5.74, 6) is -0.230. The summed E-state index contributed by atoms with van der Waals surface area (Å²) in [7, 11) is 1.32. The van der Waals surface area contributed by atoms with Crippen LogP contribution >= 0.6 is 0 Å². The van der Waals surface area contributed by atoms with Crippen molar-refractivity contribution < 1.29 is 19.1 Å². The summed E-state index contributed by atoms with van der Waals surface area (Å²) in [6.45, 7) is 2.15. The SMILES string of the molecule is COC(=O)C1=C(C)N(c2cccc3ccccc23)C(=O)/C1=C\c1ccccc1OCc1ccccc1. The van der Waals surface area contributed by atoms with Crippen molar-refractivity contribution in [3.05, 3.63) is 125 Å². The number of amides is 1. The van der Waals surface area contributed by atoms with Gasteiger partial charge in [-0.05, 0) is 36.1 Å². The number of para-hydroxylation sites is 1. The minimum atomic E-state index is -0.558. The van der Waals surface area contributed by atoms with Crippen LogP contribution in [-0.4, -0.2) is 19.0 Å². The summed E-state index contributed by atoms with van der Waals surface area (Å²) in [6.07, 6.45) is 1.71. The zero-order valence-electron chi connectivity index (χ0n) is 20.1. The maximum absolute atomic E-state index is 13.9. The van der Waals surface area contributed by atoms with E-state index in [1.165, 1.54) is 7.11 Å². The van der Waals surface area contributed by atoms with Crippen LogP contribution in [0.3, 0.4) is 0 Å². The first-order valence-electron chi connectivity index (χ1n) is 11.7. The molecular weight excluding hydrogens is 450 g/mol. The summed E-state index contributed by atoms with van der Waals surface area (Å²) in [5.41, 5.74) is 3.48. The van der Waals surface area contributed by atoms with Gasteiger partial charge in [0.05, 0.1) is 23.9 Å². The third kappa shape index (κ3) is 4.27. The van der Waals surface area contributed by atoms with E-state index in [4.69, 9.17) is 9.47 Å². The second-order valence-corrected chi connectivity index (χ2v) is 8.46. The lowest BCUT2D eigenvalue weighted by atomic mass is 10.0. The summed E-state index contributed by atoms with van der Waals surface area (Å²) >= 11 is 0. The molecule has 0 radical (unpaired) electrons. The Labute approximate surface area is 209 Å². The third-order valence-corrected chi connectivity index (χ3v) is 6.25. The molecule has 36 heavy (non-hydrogen) atoms. The number of rotatable bonds is 6. The molecule has 0 spiro atoms. The molecule has 0 fully saturated rings. The maximum Gasteiger partial charge on any atom is 0.340 e. The number of esters is 1. The van der Waals surface area contributed by atoms with Crippen LogP contribution in [0.2, 0.25) is 0 Å². The molecule has 4 aromatic carbocycles. The second kappa shape index (κ2) is 9.92. The Hall–Kier alpha value is -4.64. The van der Waals surface area contributed by atoms with E-state index >= 15 is 0 Å². The highest BCUT2D eigenvalue weighted by atomic mass is 16.5. The number of methoxy groups -OCH3 is 1. The van der Waals surface area contributed by atoms with Gasteiger partial charge < -0.3 is 9.47 Å². The van der Waals surface area contributed by atoms with Crippen LogP contribution in [0.25, 0.3) is 16.8 Å². The van der Waals surface area contributed by atoms with Crippen molar-refractivity contribution in [2.24, 2.45) is 0 Å². The Morgan fingerprint density at radius 1 is 0.861 bits per heavy atom. The van der Waals surface area contributed by atoms with Crippen molar-refractivity contribution in [2.45, 2.75) is 13.5 Å². The maximum atomic E-state index is 13.9. The quantitative estimate of drug-likeness (QED) is 0.243. The van der Waals surface area contributed by atoms with Gasteiger partial charge in [-0.15, -0.1) is 0 Å². The van der Waals surface area contributed by atoms with E-state index in [1.54, 1.807) is 17.9 Å². The van der Waals surface area contributed by atoms with Gasteiger partial charge in [-0.2, -0.15) is 0 Å². The Morgan fingerprint density at radius 2 is 1.56 bits per heavy atom. The summed E-state index contributed by atoms with van der Waals surface area (Å²) < 4.78 is 11.2. The van der Waals surface area contributed by atoms with Crippen molar-refractivity contribution in [2.75, 3.05) is 12.0 Å². The van der Waals surface area contributed by atoms with Gasteiger partial charge in [0, 0.05) is 16.6 Å². The van der Waals surface area contributed by atoms with E-state index in [9.17, 15) is 9.59 Å². The fraction of sp³-hybridized carbons (Fsp3) is 0.0968. The summed E-state index contributed by atoms with van der Waals surface area (Å²) in [4.78, 5) is 28.3. The molecule has 1 amide bonds. The molecule has 0 saturated heterocycles. The summed E-state index contributed by atoms with van der Waals surface area (Å²) in [6, 6.07) is 31.0. The van der Waals surface area contributed by atoms with Gasteiger partial charge in [-0.1, -0.05) is 84.9 Å². The number of allylic oxidation sites excluding steroid dienone is 1. The molecule has 1 heterocycles. The highest BCUT2D eigenvalue weighted by molar-refractivity contribution is 6.25. The highest BCUT2D eigenvalue weighted by Crippen LogP contribution is 2.39. The summed E-state index contributed by atoms with van der Waals surface area (Å²) in [5, 5.41) is 1.93. The molecule has 1 aliphatic rings. The predicted octanol–water partition coefficient (Wildman–Crippen LogP) is 6.30. The van der Waals surface area contributed by atoms with Gasteiger partial charge in [-0.25, -0.2) is 4.79 Å². The Balaban J connectivity index is 1.58. The molecule has 4 aromatic rings. The average Bonchev–Trinajstić information content (AvgIpc) is 3.16. The number of anilines is 1. The molecule has 5 nitrogen and oxygen atoms in total. The lowest BCUT2D eigenvalue weighted by Gasteiger charge is -2.20. The molecule has 0 aromatic heterocycles. The van der Waals surface area contributed by atoms with Crippen LogP contribution < -0.4 is 9.64 Å². The van der Waals surface area contributed by atoms with Gasteiger partial charge in [0.25, 0.3) is 5.91 Å². The van der Waals surface area contributed by atoms with E-state index in [-0.39, 0.29) is 17.1 Å². The molecule has 5 rings (SSSR count). The van der Waals surface area contributed by atoms with Crippen molar-refractivity contribution in [3.8, 4) is 5.75 Å². The Bertz CT molecular complexity index is 1510. The lowest BCUT2D eigenvalue weighted by Crippen LogP contribution is -2.24. The predicted molar refractivity (Wildman–Crippen MR) is 141 cm³/mol. The van der Waals surface area contributed by atoms with Gasteiger partial charge in [0.2, 0.25) is 0 Å². The zero-order valence-corrected chi connectivity index (χ0v) is 20.1. The fourth-order valence-electron chi connectivity index (χ4n) is 4.50. The molecule has 0 atom stereocenters. The van der Waals surface area contributed by atoms with Crippen LogP contribution in [0.1, 0.15) is 18.1 Å². The number of carbonyl (C=O) groups excluding carboxylic acids is 2. The van der Waals surface area contributed by atoms with Crippen LogP contribution in [0.4, 0.5) is 5.69 Å². The van der Waals surface area contributed by atoms with E-state index in [1.807, 2.05) is 97.1 Å². The average molecular weight is 476 g/mol. The molecule has 0 unspecified atom stereocenters. The molecular formula is C31H25NO4. The molecule has 0 aliphatic carbocycles. The first-order valence-corrected chi connectivity index (χ1v) is 11.7. The molecule has 5 heteroatoms. The van der Waals surface area contributed by atoms with E-state index in [2.05, 4.69) is 0 Å². The number of nitrogens with zero attached hydrogens (tertiary/aromatic N) is 1. The van der Waals surface area contributed by atoms with Crippen molar-refractivity contribution >= 4 is 34.4 Å². The highest BCUT2D eigenvalue weighted by Gasteiger charge is 2.38. The number of hydrogen-bond acceptors (Lipinski definition) is 4. The fourth-order valence-corrected chi connectivity index (χ4v) is 4.50. The van der Waals surface area contributed by atoms with Crippen LogP contribution in [-0.2, 0) is 20.9 Å². The van der Waals surface area contributed by atoms with Crippen molar-refractivity contribution in [3.63, 3.8) is 0 Å². The Kier molecular flexibility index (Phi) is 6.37. The first-order chi connectivity index (χ1) is 17.6. The molecule has 0 saturated carbocycles. The van der Waals surface area contributed by atoms with Gasteiger partial charge >= 0.3 is 5.97 Å². The minimum absolute atomic E-state index is 0.244. The van der Waals surface area contributed by atoms with Gasteiger partial charge in [-0.3, -0.25) is 9.69 Å². The van der Waals surface area contributed by atoms with E-state index in [0.717, 1.165) is 16.3 Å². The lowest BCUT2D eigenvalue weighted by molar-refractivity contribution is -0.136. The monoisotopic (exact) mass is 475 g/mol. The number of fused-ring (bicyclic) bond motifs is 1. The smallest absolute Gasteiger partial charge is 0.340 e. The second-order valence-electron chi connectivity index (χ2n) is 8.46. The number of carbonyl (C=O) groups is 2. The molecule has 1 aliphatic heterocycles. The zero-order chi connectivity index (χ0) is 25.1. The minimum Gasteiger partial charge on any atom is -0.488 e. The topological polar surface area (TPSA) is 55.8 Å². The van der Waals surface area contributed by atoms with Gasteiger partial charge in [0.1, 0.15) is 12.4 Å². The number of hydrogen-bond donors (Lipinski definition) is 0. The van der Waals surface area contributed by atoms with Crippen molar-refractivity contribution in [1.29, 1.82) is 0 Å². The van der Waals surface area contributed by atoms with Crippen molar-refractivity contribution in [1.82, 2.24) is 0 Å². The van der Waals surface area contributed by atoms with Gasteiger partial charge in [0.15, 0.2) is 0 Å². The molecule has 0 N–H and O–H groups in total. The van der Waals surface area contributed by atoms with Crippen LogP contribution in [0, 0.1) is 0 Å². The standard InChI is InChI=1S/C31H25NO4/c1-21-29(31(34)35-2)26(30(33)32(21)27-17-10-15-23-13-6-8-16-25(23)27)19-24-14-7-9-18-28(24)36-20-22-11-4-3-5-12-22/h3-19H,20H2,1-2H3/b26-19-. The first kappa shape index (κ1) is 23.1.